The summed E-state index contributed by atoms with van der Waals surface area (Å²) in [5.41, 5.74) is 2.60. The van der Waals surface area contributed by atoms with Crippen LogP contribution in [-0.2, 0) is 13.0 Å². The lowest BCUT2D eigenvalue weighted by Gasteiger charge is -2.09. The van der Waals surface area contributed by atoms with Crippen molar-refractivity contribution in [2.24, 2.45) is 0 Å². The van der Waals surface area contributed by atoms with E-state index in [0.717, 1.165) is 11.9 Å². The van der Waals surface area contributed by atoms with Gasteiger partial charge in [-0.3, -0.25) is 4.79 Å². The zero-order valence-corrected chi connectivity index (χ0v) is 13.6. The van der Waals surface area contributed by atoms with E-state index in [0.29, 0.717) is 29.2 Å². The molecular weight excluding hydrogens is 302 g/mol. The van der Waals surface area contributed by atoms with Crippen LogP contribution in [-0.4, -0.2) is 24.1 Å². The summed E-state index contributed by atoms with van der Waals surface area (Å²) in [6.07, 6.45) is 2.63. The first-order chi connectivity index (χ1) is 11.6. The first-order valence-corrected chi connectivity index (χ1v) is 7.90. The van der Waals surface area contributed by atoms with Gasteiger partial charge in [-0.25, -0.2) is 4.98 Å². The third-order valence-electron chi connectivity index (χ3n) is 4.18. The smallest absolute Gasteiger partial charge is 0.261 e. The Morgan fingerprint density at radius 1 is 1.04 bits per heavy atom. The fourth-order valence-electron chi connectivity index (χ4n) is 3.00. The molecule has 6 heteroatoms. The monoisotopic (exact) mass is 319 g/mol. The Labute approximate surface area is 138 Å². The van der Waals surface area contributed by atoms with Crippen molar-refractivity contribution < 1.29 is 0 Å². The highest BCUT2D eigenvalue weighted by Crippen LogP contribution is 2.14. The van der Waals surface area contributed by atoms with Gasteiger partial charge in [-0.15, -0.1) is 5.10 Å². The lowest BCUT2D eigenvalue weighted by molar-refractivity contribution is 0.673. The van der Waals surface area contributed by atoms with Gasteiger partial charge in [-0.1, -0.05) is 30.3 Å². The Morgan fingerprint density at radius 2 is 1.83 bits per heavy atom. The lowest BCUT2D eigenvalue weighted by atomic mass is 10.1. The van der Waals surface area contributed by atoms with E-state index in [1.807, 2.05) is 44.3 Å². The summed E-state index contributed by atoms with van der Waals surface area (Å²) in [6.45, 7) is 4.29. The van der Waals surface area contributed by atoms with Gasteiger partial charge in [-0.05, 0) is 31.9 Å². The first kappa shape index (κ1) is 14.6. The minimum atomic E-state index is -0.0384. The van der Waals surface area contributed by atoms with Crippen LogP contribution in [0, 0.1) is 13.8 Å². The number of benzene rings is 1. The largest absolute Gasteiger partial charge is 0.314 e. The van der Waals surface area contributed by atoms with Crippen molar-refractivity contribution >= 4 is 16.7 Å². The van der Waals surface area contributed by atoms with Crippen LogP contribution in [0.4, 0.5) is 0 Å². The molecule has 120 valence electrons. The van der Waals surface area contributed by atoms with Gasteiger partial charge < -0.3 is 4.57 Å². The average molecular weight is 319 g/mol. The Hall–Kier alpha value is -3.02. The Bertz CT molecular complexity index is 1100. The molecule has 0 bridgehead atoms. The van der Waals surface area contributed by atoms with Gasteiger partial charge in [0.1, 0.15) is 5.82 Å². The molecule has 0 N–H and O–H groups in total. The molecule has 3 aromatic heterocycles. The topological polar surface area (TPSA) is 65.1 Å². The van der Waals surface area contributed by atoms with Crippen LogP contribution in [0.1, 0.15) is 17.1 Å². The summed E-state index contributed by atoms with van der Waals surface area (Å²) < 4.78 is 3.38. The Morgan fingerprint density at radius 3 is 2.62 bits per heavy atom. The van der Waals surface area contributed by atoms with Gasteiger partial charge in [0.05, 0.1) is 16.6 Å². The van der Waals surface area contributed by atoms with Crippen LogP contribution >= 0.6 is 0 Å². The third-order valence-corrected chi connectivity index (χ3v) is 4.18. The molecule has 4 aromatic rings. The Balaban J connectivity index is 1.81. The summed E-state index contributed by atoms with van der Waals surface area (Å²) in [5.74, 6) is 1.17. The zero-order chi connectivity index (χ0) is 16.7. The van der Waals surface area contributed by atoms with Crippen molar-refractivity contribution in [3.63, 3.8) is 0 Å². The third kappa shape index (κ3) is 2.36. The van der Waals surface area contributed by atoms with Gasteiger partial charge in [0.25, 0.3) is 11.3 Å². The molecule has 24 heavy (non-hydrogen) atoms. The molecule has 0 aliphatic rings. The molecule has 0 saturated carbocycles. The standard InChI is InChI=1S/C18H17N5O/c1-12-16-15(23-18(19-12)20-13(2)21-23)9-11-22(17(16)24)10-8-14-6-4-3-5-7-14/h3-7,9,11H,8,10H2,1-2H3. The fourth-order valence-corrected chi connectivity index (χ4v) is 3.00. The lowest BCUT2D eigenvalue weighted by Crippen LogP contribution is -2.22. The first-order valence-electron chi connectivity index (χ1n) is 7.90. The Kier molecular flexibility index (Phi) is 3.37. The highest BCUT2D eigenvalue weighted by molar-refractivity contribution is 5.81. The number of fused-ring (bicyclic) bond motifs is 3. The van der Waals surface area contributed by atoms with Gasteiger partial charge in [0.15, 0.2) is 0 Å². The summed E-state index contributed by atoms with van der Waals surface area (Å²) >= 11 is 0. The molecule has 0 saturated heterocycles. The number of aryl methyl sites for hydroxylation is 4. The van der Waals surface area contributed by atoms with E-state index in [9.17, 15) is 4.79 Å². The fraction of sp³-hybridized carbons (Fsp3) is 0.222. The summed E-state index contributed by atoms with van der Waals surface area (Å²) in [7, 11) is 0. The maximum Gasteiger partial charge on any atom is 0.261 e. The summed E-state index contributed by atoms with van der Waals surface area (Å²) in [6, 6.07) is 12.1. The molecule has 0 amide bonds. The molecule has 0 spiro atoms. The predicted molar refractivity (Wildman–Crippen MR) is 92.2 cm³/mol. The maximum absolute atomic E-state index is 12.9. The van der Waals surface area contributed by atoms with Gasteiger partial charge in [0, 0.05) is 12.7 Å². The van der Waals surface area contributed by atoms with Gasteiger partial charge in [-0.2, -0.15) is 9.50 Å². The highest BCUT2D eigenvalue weighted by Gasteiger charge is 2.13. The van der Waals surface area contributed by atoms with Crippen molar-refractivity contribution in [3.8, 4) is 0 Å². The number of hydrogen-bond acceptors (Lipinski definition) is 4. The molecule has 0 unspecified atom stereocenters. The molecule has 0 fully saturated rings. The van der Waals surface area contributed by atoms with Gasteiger partial charge >= 0.3 is 0 Å². The van der Waals surface area contributed by atoms with Crippen molar-refractivity contribution in [1.82, 2.24) is 24.1 Å². The maximum atomic E-state index is 12.9. The average Bonchev–Trinajstić information content (AvgIpc) is 2.95. The van der Waals surface area contributed by atoms with Crippen LogP contribution < -0.4 is 5.56 Å². The number of nitrogens with zero attached hydrogens (tertiary/aromatic N) is 5. The van der Waals surface area contributed by atoms with Crippen molar-refractivity contribution in [3.05, 3.63) is 70.0 Å². The van der Waals surface area contributed by atoms with E-state index in [1.54, 1.807) is 9.08 Å². The molecule has 0 atom stereocenters. The molecule has 6 nitrogen and oxygen atoms in total. The molecule has 4 rings (SSSR count). The summed E-state index contributed by atoms with van der Waals surface area (Å²) in [5, 5.41) is 4.94. The SMILES string of the molecule is Cc1nc2nc(C)c3c(=O)n(CCc4ccccc4)ccc3n2n1. The van der Waals surface area contributed by atoms with Crippen LogP contribution in [0.15, 0.2) is 47.4 Å². The van der Waals surface area contributed by atoms with E-state index >= 15 is 0 Å². The minimum absolute atomic E-state index is 0.0384. The summed E-state index contributed by atoms with van der Waals surface area (Å²) in [4.78, 5) is 21.6. The van der Waals surface area contributed by atoms with E-state index < -0.39 is 0 Å². The number of aromatic nitrogens is 5. The number of pyridine rings is 1. The van der Waals surface area contributed by atoms with Crippen LogP contribution in [0.5, 0.6) is 0 Å². The van der Waals surface area contributed by atoms with Crippen LogP contribution in [0.2, 0.25) is 0 Å². The van der Waals surface area contributed by atoms with E-state index in [2.05, 4.69) is 27.2 Å². The quantitative estimate of drug-likeness (QED) is 0.581. The minimum Gasteiger partial charge on any atom is -0.314 e. The second-order valence-electron chi connectivity index (χ2n) is 5.88. The molecule has 1 aromatic carbocycles. The van der Waals surface area contributed by atoms with E-state index in [4.69, 9.17) is 0 Å². The molecular formula is C18H17N5O. The van der Waals surface area contributed by atoms with Crippen molar-refractivity contribution in [2.75, 3.05) is 0 Å². The molecule has 0 aliphatic heterocycles. The molecule has 0 radical (unpaired) electrons. The molecule has 3 heterocycles. The van der Waals surface area contributed by atoms with Gasteiger partial charge in [0.2, 0.25) is 0 Å². The highest BCUT2D eigenvalue weighted by atomic mass is 16.1. The number of rotatable bonds is 3. The van der Waals surface area contributed by atoms with E-state index in [-0.39, 0.29) is 5.56 Å². The van der Waals surface area contributed by atoms with Crippen LogP contribution in [0.3, 0.4) is 0 Å². The second-order valence-corrected chi connectivity index (χ2v) is 5.88. The molecule has 0 aliphatic carbocycles. The van der Waals surface area contributed by atoms with Crippen LogP contribution in [0.25, 0.3) is 16.7 Å². The number of hydrogen-bond donors (Lipinski definition) is 0. The van der Waals surface area contributed by atoms with Crippen molar-refractivity contribution in [1.29, 1.82) is 0 Å². The normalized spacial score (nSPS) is 11.4. The zero-order valence-electron chi connectivity index (χ0n) is 13.6. The van der Waals surface area contributed by atoms with E-state index in [1.165, 1.54) is 5.56 Å². The second kappa shape index (κ2) is 5.56. The predicted octanol–water partition coefficient (Wildman–Crippen LogP) is 2.30. The van der Waals surface area contributed by atoms with Crippen molar-refractivity contribution in [2.45, 2.75) is 26.8 Å².